The number of hydrogen-bond acceptors (Lipinski definition) is 6. The molecule has 0 bridgehead atoms. The molecule has 0 aliphatic carbocycles. The summed E-state index contributed by atoms with van der Waals surface area (Å²) in [5.74, 6) is -0.0639. The second-order valence-corrected chi connectivity index (χ2v) is 6.00. The van der Waals surface area contributed by atoms with Gasteiger partial charge in [-0.1, -0.05) is 6.07 Å². The van der Waals surface area contributed by atoms with Gasteiger partial charge in [-0.2, -0.15) is 11.8 Å². The van der Waals surface area contributed by atoms with E-state index in [2.05, 4.69) is 16.0 Å². The molecule has 1 atom stereocenters. The molecular weight excluding hydrogens is 332 g/mol. The van der Waals surface area contributed by atoms with Crippen LogP contribution in [0.4, 0.5) is 5.69 Å². The van der Waals surface area contributed by atoms with Crippen molar-refractivity contribution in [2.45, 2.75) is 12.5 Å². The molecule has 0 aliphatic heterocycles. The third-order valence-electron chi connectivity index (χ3n) is 3.23. The number of likely N-dealkylation sites (N-methyl/N-ethyl adjacent to an activating group) is 1. The highest BCUT2D eigenvalue weighted by atomic mass is 32.2. The second-order valence-electron chi connectivity index (χ2n) is 5.01. The Balaban J connectivity index is 2.77. The van der Waals surface area contributed by atoms with Crippen LogP contribution in [0, 0.1) is 10.1 Å². The van der Waals surface area contributed by atoms with E-state index in [4.69, 9.17) is 0 Å². The summed E-state index contributed by atoms with van der Waals surface area (Å²) in [5.41, 5.74) is -0.0110. The molecule has 0 saturated heterocycles. The van der Waals surface area contributed by atoms with Crippen LogP contribution >= 0.6 is 11.8 Å². The minimum Gasteiger partial charge on any atom is -0.353 e. The van der Waals surface area contributed by atoms with Crippen molar-refractivity contribution < 1.29 is 14.5 Å². The van der Waals surface area contributed by atoms with Crippen molar-refractivity contribution in [2.24, 2.45) is 0 Å². The summed E-state index contributed by atoms with van der Waals surface area (Å²) in [7, 11) is 1.78. The van der Waals surface area contributed by atoms with E-state index in [-0.39, 0.29) is 17.2 Å². The number of nitrogens with one attached hydrogen (secondary N) is 3. The van der Waals surface area contributed by atoms with Gasteiger partial charge in [0, 0.05) is 30.8 Å². The number of rotatable bonds is 10. The summed E-state index contributed by atoms with van der Waals surface area (Å²) in [6.07, 6.45) is 2.39. The number of nitro groups is 1. The van der Waals surface area contributed by atoms with Gasteiger partial charge >= 0.3 is 0 Å². The average molecular weight is 354 g/mol. The van der Waals surface area contributed by atoms with E-state index in [0.29, 0.717) is 25.3 Å². The number of carbonyl (C=O) groups is 2. The van der Waals surface area contributed by atoms with Crippen molar-refractivity contribution in [3.05, 3.63) is 39.9 Å². The van der Waals surface area contributed by atoms with Crippen molar-refractivity contribution >= 4 is 29.3 Å². The molecular formula is C15H22N4O4S. The van der Waals surface area contributed by atoms with Gasteiger partial charge in [-0.15, -0.1) is 0 Å². The standard InChI is InChI=1S/C15H22N4O4S/c1-16-7-8-17-15(21)13(6-9-24-2)18-14(20)11-4-3-5-12(10-11)19(22)23/h3-5,10,13,16H,6-9H2,1-2H3,(H,17,21)(H,18,20). The lowest BCUT2D eigenvalue weighted by Crippen LogP contribution is -2.48. The molecule has 0 fully saturated rings. The van der Waals surface area contributed by atoms with Gasteiger partial charge in [0.15, 0.2) is 0 Å². The Labute approximate surface area is 144 Å². The van der Waals surface area contributed by atoms with E-state index in [9.17, 15) is 19.7 Å². The van der Waals surface area contributed by atoms with Gasteiger partial charge in [0.2, 0.25) is 5.91 Å². The fraction of sp³-hybridized carbons (Fsp3) is 0.467. The number of nitro benzene ring substituents is 1. The fourth-order valence-corrected chi connectivity index (χ4v) is 2.41. The molecule has 1 aromatic rings. The van der Waals surface area contributed by atoms with Gasteiger partial charge in [-0.05, 0) is 31.5 Å². The molecule has 9 heteroatoms. The van der Waals surface area contributed by atoms with Crippen LogP contribution in [0.2, 0.25) is 0 Å². The summed E-state index contributed by atoms with van der Waals surface area (Å²) in [4.78, 5) is 34.7. The number of nitrogens with zero attached hydrogens (tertiary/aromatic N) is 1. The van der Waals surface area contributed by atoms with Crippen molar-refractivity contribution in [2.75, 3.05) is 32.1 Å². The van der Waals surface area contributed by atoms with Gasteiger partial charge < -0.3 is 16.0 Å². The molecule has 1 rings (SSSR count). The number of carbonyl (C=O) groups excluding carboxylic acids is 2. The predicted octanol–water partition coefficient (Wildman–Crippen LogP) is 0.782. The SMILES string of the molecule is CNCCNC(=O)C(CCSC)NC(=O)c1cccc([N+](=O)[O-])c1. The van der Waals surface area contributed by atoms with Crippen LogP contribution in [0.15, 0.2) is 24.3 Å². The highest BCUT2D eigenvalue weighted by molar-refractivity contribution is 7.98. The molecule has 0 aliphatic rings. The number of non-ortho nitro benzene ring substituents is 1. The Bertz CT molecular complexity index is 582. The quantitative estimate of drug-likeness (QED) is 0.325. The zero-order valence-electron chi connectivity index (χ0n) is 13.7. The summed E-state index contributed by atoms with van der Waals surface area (Å²) in [5, 5.41) is 19.1. The number of amides is 2. The molecule has 3 N–H and O–H groups in total. The molecule has 0 radical (unpaired) electrons. The highest BCUT2D eigenvalue weighted by Crippen LogP contribution is 2.13. The highest BCUT2D eigenvalue weighted by Gasteiger charge is 2.21. The monoisotopic (exact) mass is 354 g/mol. The summed E-state index contributed by atoms with van der Waals surface area (Å²) in [6.45, 7) is 1.08. The minimum atomic E-state index is -0.680. The van der Waals surface area contributed by atoms with E-state index in [1.54, 1.807) is 18.8 Å². The Hall–Kier alpha value is -2.13. The Morgan fingerprint density at radius 1 is 1.33 bits per heavy atom. The normalized spacial score (nSPS) is 11.6. The van der Waals surface area contributed by atoms with Crippen LogP contribution in [0.5, 0.6) is 0 Å². The first-order chi connectivity index (χ1) is 11.5. The minimum absolute atomic E-state index is 0.154. The smallest absolute Gasteiger partial charge is 0.270 e. The van der Waals surface area contributed by atoms with Gasteiger partial charge in [-0.3, -0.25) is 19.7 Å². The summed E-state index contributed by atoms with van der Waals surface area (Å²) < 4.78 is 0. The number of thioether (sulfide) groups is 1. The van der Waals surface area contributed by atoms with E-state index < -0.39 is 16.9 Å². The van der Waals surface area contributed by atoms with E-state index in [1.165, 1.54) is 24.3 Å². The summed E-state index contributed by atoms with van der Waals surface area (Å²) in [6, 6.07) is 4.75. The molecule has 0 saturated carbocycles. The van der Waals surface area contributed by atoms with Crippen LogP contribution in [-0.4, -0.2) is 54.9 Å². The van der Waals surface area contributed by atoms with E-state index in [1.807, 2.05) is 6.26 Å². The zero-order chi connectivity index (χ0) is 17.9. The largest absolute Gasteiger partial charge is 0.353 e. The molecule has 24 heavy (non-hydrogen) atoms. The zero-order valence-corrected chi connectivity index (χ0v) is 14.5. The third-order valence-corrected chi connectivity index (χ3v) is 3.87. The van der Waals surface area contributed by atoms with Gasteiger partial charge in [0.25, 0.3) is 11.6 Å². The van der Waals surface area contributed by atoms with Crippen LogP contribution in [0.25, 0.3) is 0 Å². The van der Waals surface area contributed by atoms with Crippen molar-refractivity contribution in [1.82, 2.24) is 16.0 Å². The molecule has 132 valence electrons. The van der Waals surface area contributed by atoms with Gasteiger partial charge in [0.1, 0.15) is 6.04 Å². The van der Waals surface area contributed by atoms with Crippen molar-refractivity contribution in [1.29, 1.82) is 0 Å². The second kappa shape index (κ2) is 10.6. The van der Waals surface area contributed by atoms with Crippen LogP contribution in [0.3, 0.4) is 0 Å². The van der Waals surface area contributed by atoms with Crippen LogP contribution in [-0.2, 0) is 4.79 Å². The fourth-order valence-electron chi connectivity index (χ4n) is 1.94. The lowest BCUT2D eigenvalue weighted by atomic mass is 10.1. The Morgan fingerprint density at radius 2 is 2.08 bits per heavy atom. The lowest BCUT2D eigenvalue weighted by Gasteiger charge is -2.18. The van der Waals surface area contributed by atoms with Crippen LogP contribution in [0.1, 0.15) is 16.8 Å². The topological polar surface area (TPSA) is 113 Å². The third kappa shape index (κ3) is 6.55. The molecule has 2 amide bonds. The maximum absolute atomic E-state index is 12.3. The van der Waals surface area contributed by atoms with Gasteiger partial charge in [0.05, 0.1) is 4.92 Å². The molecule has 0 heterocycles. The Morgan fingerprint density at radius 3 is 2.71 bits per heavy atom. The first kappa shape index (κ1) is 19.9. The molecule has 1 aromatic carbocycles. The maximum atomic E-state index is 12.3. The molecule has 1 unspecified atom stereocenters. The maximum Gasteiger partial charge on any atom is 0.270 e. The summed E-state index contributed by atoms with van der Waals surface area (Å²) >= 11 is 1.57. The first-order valence-corrected chi connectivity index (χ1v) is 8.85. The van der Waals surface area contributed by atoms with E-state index in [0.717, 1.165) is 0 Å². The molecule has 0 aromatic heterocycles. The van der Waals surface area contributed by atoms with Crippen LogP contribution < -0.4 is 16.0 Å². The number of benzene rings is 1. The first-order valence-electron chi connectivity index (χ1n) is 7.46. The van der Waals surface area contributed by atoms with E-state index >= 15 is 0 Å². The van der Waals surface area contributed by atoms with Gasteiger partial charge in [-0.25, -0.2) is 0 Å². The number of hydrogen-bond donors (Lipinski definition) is 3. The van der Waals surface area contributed by atoms with Crippen molar-refractivity contribution in [3.8, 4) is 0 Å². The molecule has 8 nitrogen and oxygen atoms in total. The lowest BCUT2D eigenvalue weighted by molar-refractivity contribution is -0.384. The van der Waals surface area contributed by atoms with Crippen molar-refractivity contribution in [3.63, 3.8) is 0 Å². The Kier molecular flexibility index (Phi) is 8.80. The average Bonchev–Trinajstić information content (AvgIpc) is 2.58. The molecule has 0 spiro atoms. The predicted molar refractivity (Wildman–Crippen MR) is 94.3 cm³/mol.